The van der Waals surface area contributed by atoms with E-state index in [-0.39, 0.29) is 6.61 Å². The zero-order valence-corrected chi connectivity index (χ0v) is 9.68. The summed E-state index contributed by atoms with van der Waals surface area (Å²) in [6.07, 6.45) is -5.43. The quantitative estimate of drug-likeness (QED) is 0.291. The average Bonchev–Trinajstić information content (AvgIpc) is 2.22. The predicted molar refractivity (Wildman–Crippen MR) is 53.7 cm³/mol. The highest BCUT2D eigenvalue weighted by atomic mass is 31.2. The molecule has 0 aromatic rings. The van der Waals surface area contributed by atoms with Crippen LogP contribution in [-0.4, -0.2) is 68.8 Å². The standard InChI is InChI=1S/C7H16NO8P/c8-3-1-15-7(6(11)5(3)10)4(9)2-16-17(12,13)14/h3-7,9-11H,1-2,8H2,(H2,12,13,14)/t3-,4-,5?,6+,7?/m1/s1. The fourth-order valence-corrected chi connectivity index (χ4v) is 1.82. The van der Waals surface area contributed by atoms with E-state index in [1.54, 1.807) is 0 Å². The van der Waals surface area contributed by atoms with Crippen molar-refractivity contribution >= 4 is 7.82 Å². The second kappa shape index (κ2) is 5.70. The molecule has 1 rings (SSSR count). The minimum Gasteiger partial charge on any atom is -0.389 e. The molecule has 0 radical (unpaired) electrons. The lowest BCUT2D eigenvalue weighted by molar-refractivity contribution is -0.182. The number of hydrogen-bond acceptors (Lipinski definition) is 7. The highest BCUT2D eigenvalue weighted by molar-refractivity contribution is 7.46. The lowest BCUT2D eigenvalue weighted by Crippen LogP contribution is -2.60. The Morgan fingerprint density at radius 3 is 2.53 bits per heavy atom. The van der Waals surface area contributed by atoms with Gasteiger partial charge >= 0.3 is 7.82 Å². The number of phosphoric ester groups is 1. The van der Waals surface area contributed by atoms with Crippen LogP contribution in [0.15, 0.2) is 0 Å². The van der Waals surface area contributed by atoms with Gasteiger partial charge in [-0.15, -0.1) is 0 Å². The van der Waals surface area contributed by atoms with Crippen LogP contribution in [0.5, 0.6) is 0 Å². The molecular weight excluding hydrogens is 257 g/mol. The fraction of sp³-hybridized carbons (Fsp3) is 1.00. The maximum absolute atomic E-state index is 10.4. The minimum atomic E-state index is -4.70. The van der Waals surface area contributed by atoms with Gasteiger partial charge < -0.3 is 35.6 Å². The van der Waals surface area contributed by atoms with E-state index in [4.69, 9.17) is 20.3 Å². The number of aliphatic hydroxyl groups excluding tert-OH is 3. The van der Waals surface area contributed by atoms with Gasteiger partial charge in [0.25, 0.3) is 0 Å². The molecule has 0 bridgehead atoms. The number of phosphoric acid groups is 1. The van der Waals surface area contributed by atoms with Crippen LogP contribution in [0.3, 0.4) is 0 Å². The van der Waals surface area contributed by atoms with Crippen LogP contribution in [0.25, 0.3) is 0 Å². The van der Waals surface area contributed by atoms with Gasteiger partial charge in [-0.1, -0.05) is 0 Å². The van der Waals surface area contributed by atoms with Crippen LogP contribution in [-0.2, 0) is 13.8 Å². The van der Waals surface area contributed by atoms with Crippen molar-refractivity contribution in [2.24, 2.45) is 5.73 Å². The van der Waals surface area contributed by atoms with Crippen LogP contribution >= 0.6 is 7.82 Å². The molecule has 1 heterocycles. The molecule has 1 aliphatic heterocycles. The highest BCUT2D eigenvalue weighted by Crippen LogP contribution is 2.36. The number of ether oxygens (including phenoxy) is 1. The summed E-state index contributed by atoms with van der Waals surface area (Å²) in [4.78, 5) is 16.9. The first-order chi connectivity index (χ1) is 7.72. The van der Waals surface area contributed by atoms with Gasteiger partial charge in [0, 0.05) is 0 Å². The molecule has 0 spiro atoms. The zero-order chi connectivity index (χ0) is 13.2. The van der Waals surface area contributed by atoms with E-state index >= 15 is 0 Å². The summed E-state index contributed by atoms with van der Waals surface area (Å²) in [6, 6.07) is -0.781. The topological polar surface area (TPSA) is 163 Å². The Labute approximate surface area is 97.0 Å². The molecule has 1 fully saturated rings. The largest absolute Gasteiger partial charge is 0.469 e. The monoisotopic (exact) mass is 273 g/mol. The maximum atomic E-state index is 10.4. The van der Waals surface area contributed by atoms with E-state index in [0.717, 1.165) is 0 Å². The maximum Gasteiger partial charge on any atom is 0.469 e. The van der Waals surface area contributed by atoms with Crippen molar-refractivity contribution in [3.63, 3.8) is 0 Å². The summed E-state index contributed by atoms with van der Waals surface area (Å²) in [7, 11) is -4.70. The summed E-state index contributed by atoms with van der Waals surface area (Å²) >= 11 is 0. The van der Waals surface area contributed by atoms with Gasteiger partial charge in [-0.3, -0.25) is 4.52 Å². The second-order valence-corrected chi connectivity index (χ2v) is 5.04. The lowest BCUT2D eigenvalue weighted by atomic mass is 9.95. The lowest BCUT2D eigenvalue weighted by Gasteiger charge is -2.37. The molecule has 0 saturated carbocycles. The van der Waals surface area contributed by atoms with Crippen molar-refractivity contribution in [3.8, 4) is 0 Å². The Balaban J connectivity index is 2.52. The summed E-state index contributed by atoms with van der Waals surface area (Å²) in [5.41, 5.74) is 5.40. The van der Waals surface area contributed by atoms with E-state index < -0.39 is 44.9 Å². The summed E-state index contributed by atoms with van der Waals surface area (Å²) in [5, 5.41) is 28.5. The van der Waals surface area contributed by atoms with E-state index in [1.807, 2.05) is 0 Å². The minimum absolute atomic E-state index is 0.0874. The van der Waals surface area contributed by atoms with Crippen LogP contribution in [0, 0.1) is 0 Å². The molecule has 0 aliphatic carbocycles. The summed E-state index contributed by atoms with van der Waals surface area (Å²) < 4.78 is 19.5. The van der Waals surface area contributed by atoms with Crippen molar-refractivity contribution in [1.29, 1.82) is 0 Å². The van der Waals surface area contributed by atoms with Crippen molar-refractivity contribution in [1.82, 2.24) is 0 Å². The van der Waals surface area contributed by atoms with Gasteiger partial charge in [-0.2, -0.15) is 0 Å². The Morgan fingerprint density at radius 1 is 1.41 bits per heavy atom. The van der Waals surface area contributed by atoms with Crippen LogP contribution in [0.2, 0.25) is 0 Å². The van der Waals surface area contributed by atoms with Crippen molar-refractivity contribution in [2.45, 2.75) is 30.5 Å². The Bertz CT molecular complexity index is 296. The highest BCUT2D eigenvalue weighted by Gasteiger charge is 2.40. The van der Waals surface area contributed by atoms with Crippen molar-refractivity contribution in [3.05, 3.63) is 0 Å². The SMILES string of the molecule is N[C@@H]1COC([C@H](O)COP(=O)(O)O)[C@@H](O)C1O. The molecule has 0 amide bonds. The molecule has 17 heavy (non-hydrogen) atoms. The molecule has 9 nitrogen and oxygen atoms in total. The normalized spacial score (nSPS) is 36.8. The molecule has 0 aromatic carbocycles. The zero-order valence-electron chi connectivity index (χ0n) is 8.79. The van der Waals surface area contributed by atoms with Gasteiger partial charge in [0.05, 0.1) is 25.4 Å². The predicted octanol–water partition coefficient (Wildman–Crippen LogP) is -3.10. The second-order valence-electron chi connectivity index (χ2n) is 3.80. The number of rotatable bonds is 4. The smallest absolute Gasteiger partial charge is 0.389 e. The van der Waals surface area contributed by atoms with Gasteiger partial charge in [0.15, 0.2) is 0 Å². The van der Waals surface area contributed by atoms with Crippen LogP contribution in [0.4, 0.5) is 0 Å². The molecule has 5 atom stereocenters. The van der Waals surface area contributed by atoms with Crippen LogP contribution in [0.1, 0.15) is 0 Å². The fourth-order valence-electron chi connectivity index (χ4n) is 1.47. The number of hydrogen-bond donors (Lipinski definition) is 6. The van der Waals surface area contributed by atoms with E-state index in [2.05, 4.69) is 4.52 Å². The van der Waals surface area contributed by atoms with Crippen LogP contribution < -0.4 is 5.73 Å². The molecular formula is C7H16NO8P. The molecule has 2 unspecified atom stereocenters. The van der Waals surface area contributed by atoms with Crippen molar-refractivity contribution in [2.75, 3.05) is 13.2 Å². The van der Waals surface area contributed by atoms with E-state index in [9.17, 15) is 19.9 Å². The third-order valence-corrected chi connectivity index (χ3v) is 2.88. The third-order valence-electron chi connectivity index (χ3n) is 2.40. The molecule has 10 heteroatoms. The number of nitrogens with two attached hydrogens (primary N) is 1. The first kappa shape index (κ1) is 15.0. The van der Waals surface area contributed by atoms with Gasteiger partial charge in [0.1, 0.15) is 18.3 Å². The Morgan fingerprint density at radius 2 is 2.00 bits per heavy atom. The van der Waals surface area contributed by atoms with E-state index in [0.29, 0.717) is 0 Å². The molecule has 0 aromatic heterocycles. The van der Waals surface area contributed by atoms with Gasteiger partial charge in [-0.25, -0.2) is 4.57 Å². The van der Waals surface area contributed by atoms with E-state index in [1.165, 1.54) is 0 Å². The molecule has 102 valence electrons. The first-order valence-electron chi connectivity index (χ1n) is 4.84. The summed E-state index contributed by atoms with van der Waals surface area (Å²) in [6.45, 7) is -0.816. The number of aliphatic hydroxyl groups is 3. The Hall–Kier alpha value is -0.0900. The third kappa shape index (κ3) is 4.25. The van der Waals surface area contributed by atoms with Gasteiger partial charge in [0.2, 0.25) is 0 Å². The first-order valence-corrected chi connectivity index (χ1v) is 6.37. The van der Waals surface area contributed by atoms with Crippen molar-refractivity contribution < 1.29 is 38.9 Å². The molecule has 7 N–H and O–H groups in total. The Kier molecular flexibility index (Phi) is 5.02. The summed E-state index contributed by atoms with van der Waals surface area (Å²) in [5.74, 6) is 0. The average molecular weight is 273 g/mol. The van der Waals surface area contributed by atoms with Gasteiger partial charge in [-0.05, 0) is 0 Å². The molecule has 1 saturated heterocycles. The molecule has 1 aliphatic rings.